The minimum Gasteiger partial charge on any atom is -0.444 e. The minimum absolute atomic E-state index is 0.0695. The molecule has 1 amide bonds. The number of fused-ring (bicyclic) bond motifs is 1. The second-order valence-electron chi connectivity index (χ2n) is 7.15. The smallest absolute Gasteiger partial charge is 0.407 e. The van der Waals surface area contributed by atoms with Gasteiger partial charge in [0.2, 0.25) is 0 Å². The number of rotatable bonds is 3. The standard InChI is InChI=1S/C18H28N2O2/c1-14(19-17(21)22-18(2,3)4)12-20-11-7-10-15-8-5-6-9-16(15)13-20/h5-6,8-9,14H,7,10-13H2,1-4H3,(H,19,21)/t14-/m1/s1. The Balaban J connectivity index is 1.87. The summed E-state index contributed by atoms with van der Waals surface area (Å²) in [5.74, 6) is 0. The van der Waals surface area contributed by atoms with E-state index in [0.29, 0.717) is 0 Å². The highest BCUT2D eigenvalue weighted by Gasteiger charge is 2.20. The number of benzene rings is 1. The van der Waals surface area contributed by atoms with Crippen molar-refractivity contribution in [2.45, 2.75) is 58.7 Å². The molecule has 4 heteroatoms. The van der Waals surface area contributed by atoms with E-state index in [4.69, 9.17) is 4.74 Å². The van der Waals surface area contributed by atoms with Crippen LogP contribution in [-0.4, -0.2) is 35.7 Å². The molecule has 2 rings (SSSR count). The first-order chi connectivity index (χ1) is 10.3. The van der Waals surface area contributed by atoms with Crippen LogP contribution in [-0.2, 0) is 17.7 Å². The molecule has 0 saturated heterocycles. The summed E-state index contributed by atoms with van der Waals surface area (Å²) in [6.07, 6.45) is 1.96. The van der Waals surface area contributed by atoms with Crippen molar-refractivity contribution in [3.05, 3.63) is 35.4 Å². The quantitative estimate of drug-likeness (QED) is 0.931. The number of carbonyl (C=O) groups excluding carboxylic acids is 1. The number of nitrogens with zero attached hydrogens (tertiary/aromatic N) is 1. The highest BCUT2D eigenvalue weighted by atomic mass is 16.6. The molecule has 1 aromatic rings. The van der Waals surface area contributed by atoms with E-state index in [2.05, 4.69) is 34.5 Å². The Bertz CT molecular complexity index is 508. The number of ether oxygens (including phenoxy) is 1. The lowest BCUT2D eigenvalue weighted by Crippen LogP contribution is -2.43. The molecule has 4 nitrogen and oxygen atoms in total. The van der Waals surface area contributed by atoms with Gasteiger partial charge in [-0.1, -0.05) is 24.3 Å². The number of hydrogen-bond donors (Lipinski definition) is 1. The number of aryl methyl sites for hydroxylation is 1. The predicted molar refractivity (Wildman–Crippen MR) is 88.9 cm³/mol. The van der Waals surface area contributed by atoms with Crippen molar-refractivity contribution < 1.29 is 9.53 Å². The zero-order valence-electron chi connectivity index (χ0n) is 14.2. The Labute approximate surface area is 133 Å². The molecule has 122 valence electrons. The zero-order chi connectivity index (χ0) is 16.2. The summed E-state index contributed by atoms with van der Waals surface area (Å²) in [7, 11) is 0. The summed E-state index contributed by atoms with van der Waals surface area (Å²) >= 11 is 0. The van der Waals surface area contributed by atoms with Crippen LogP contribution in [0.4, 0.5) is 4.79 Å². The van der Waals surface area contributed by atoms with Crippen LogP contribution in [0.15, 0.2) is 24.3 Å². The Morgan fingerprint density at radius 2 is 2.00 bits per heavy atom. The number of carbonyl (C=O) groups is 1. The monoisotopic (exact) mass is 304 g/mol. The first kappa shape index (κ1) is 16.8. The number of nitrogens with one attached hydrogen (secondary N) is 1. The molecule has 0 aliphatic carbocycles. The molecule has 1 aliphatic heterocycles. The zero-order valence-corrected chi connectivity index (χ0v) is 14.2. The molecule has 0 bridgehead atoms. The fraction of sp³-hybridized carbons (Fsp3) is 0.611. The van der Waals surface area contributed by atoms with Crippen molar-refractivity contribution >= 4 is 6.09 Å². The van der Waals surface area contributed by atoms with E-state index in [-0.39, 0.29) is 12.1 Å². The molecule has 22 heavy (non-hydrogen) atoms. The molecule has 0 spiro atoms. The maximum absolute atomic E-state index is 11.8. The highest BCUT2D eigenvalue weighted by molar-refractivity contribution is 5.68. The normalized spacial score (nSPS) is 17.3. The van der Waals surface area contributed by atoms with Crippen LogP contribution in [0.25, 0.3) is 0 Å². The van der Waals surface area contributed by atoms with Crippen LogP contribution >= 0.6 is 0 Å². The Morgan fingerprint density at radius 3 is 2.68 bits per heavy atom. The van der Waals surface area contributed by atoms with E-state index < -0.39 is 5.60 Å². The molecule has 1 heterocycles. The molecule has 0 unspecified atom stereocenters. The third-order valence-electron chi connectivity index (χ3n) is 3.73. The Kier molecular flexibility index (Phi) is 5.46. The van der Waals surface area contributed by atoms with Crippen LogP contribution in [0.5, 0.6) is 0 Å². The Hall–Kier alpha value is -1.55. The van der Waals surface area contributed by atoms with E-state index >= 15 is 0 Å². The van der Waals surface area contributed by atoms with Gasteiger partial charge in [-0.15, -0.1) is 0 Å². The third-order valence-corrected chi connectivity index (χ3v) is 3.73. The maximum atomic E-state index is 11.8. The molecule has 1 aromatic carbocycles. The largest absolute Gasteiger partial charge is 0.444 e. The van der Waals surface area contributed by atoms with Gasteiger partial charge in [-0.3, -0.25) is 4.90 Å². The van der Waals surface area contributed by atoms with E-state index in [0.717, 1.165) is 32.5 Å². The van der Waals surface area contributed by atoms with Gasteiger partial charge in [0.05, 0.1) is 0 Å². The van der Waals surface area contributed by atoms with E-state index in [1.807, 2.05) is 27.7 Å². The van der Waals surface area contributed by atoms with Gasteiger partial charge in [0.15, 0.2) is 0 Å². The first-order valence-corrected chi connectivity index (χ1v) is 8.12. The van der Waals surface area contributed by atoms with E-state index in [1.165, 1.54) is 11.1 Å². The van der Waals surface area contributed by atoms with Gasteiger partial charge < -0.3 is 10.1 Å². The predicted octanol–water partition coefficient (Wildman–Crippen LogP) is 3.35. The number of amides is 1. The lowest BCUT2D eigenvalue weighted by Gasteiger charge is -2.26. The molecule has 1 N–H and O–H groups in total. The summed E-state index contributed by atoms with van der Waals surface area (Å²) in [4.78, 5) is 14.2. The van der Waals surface area contributed by atoms with Crippen molar-refractivity contribution in [3.63, 3.8) is 0 Å². The van der Waals surface area contributed by atoms with Crippen LogP contribution in [0, 0.1) is 0 Å². The molecule has 0 fully saturated rings. The van der Waals surface area contributed by atoms with Crippen molar-refractivity contribution in [1.29, 1.82) is 0 Å². The molecule has 0 saturated carbocycles. The maximum Gasteiger partial charge on any atom is 0.407 e. The van der Waals surface area contributed by atoms with Gasteiger partial charge in [-0.25, -0.2) is 4.79 Å². The second kappa shape index (κ2) is 7.14. The summed E-state index contributed by atoms with van der Waals surface area (Å²) in [5.41, 5.74) is 2.41. The fourth-order valence-corrected chi connectivity index (χ4v) is 2.87. The van der Waals surface area contributed by atoms with Crippen molar-refractivity contribution in [2.75, 3.05) is 13.1 Å². The topological polar surface area (TPSA) is 41.6 Å². The van der Waals surface area contributed by atoms with E-state index in [1.54, 1.807) is 0 Å². The summed E-state index contributed by atoms with van der Waals surface area (Å²) in [6, 6.07) is 8.72. The third kappa shape index (κ3) is 5.34. The van der Waals surface area contributed by atoms with Gasteiger partial charge >= 0.3 is 6.09 Å². The average molecular weight is 304 g/mol. The highest BCUT2D eigenvalue weighted by Crippen LogP contribution is 2.18. The number of alkyl carbamates (subject to hydrolysis) is 1. The lowest BCUT2D eigenvalue weighted by molar-refractivity contribution is 0.0496. The van der Waals surface area contributed by atoms with Crippen LogP contribution < -0.4 is 5.32 Å². The van der Waals surface area contributed by atoms with Gasteiger partial charge in [0.1, 0.15) is 5.60 Å². The van der Waals surface area contributed by atoms with Crippen LogP contribution in [0.1, 0.15) is 45.2 Å². The SMILES string of the molecule is C[C@H](CN1CCCc2ccccc2C1)NC(=O)OC(C)(C)C. The van der Waals surface area contributed by atoms with Crippen molar-refractivity contribution in [1.82, 2.24) is 10.2 Å². The van der Waals surface area contributed by atoms with Crippen molar-refractivity contribution in [2.24, 2.45) is 0 Å². The van der Waals surface area contributed by atoms with E-state index in [9.17, 15) is 4.79 Å². The molecule has 1 aliphatic rings. The molecule has 0 radical (unpaired) electrons. The number of hydrogen-bond acceptors (Lipinski definition) is 3. The van der Waals surface area contributed by atoms with Crippen LogP contribution in [0.3, 0.4) is 0 Å². The second-order valence-corrected chi connectivity index (χ2v) is 7.15. The fourth-order valence-electron chi connectivity index (χ4n) is 2.87. The first-order valence-electron chi connectivity index (χ1n) is 8.12. The van der Waals surface area contributed by atoms with Crippen LogP contribution in [0.2, 0.25) is 0 Å². The van der Waals surface area contributed by atoms with Crippen molar-refractivity contribution in [3.8, 4) is 0 Å². The minimum atomic E-state index is -0.453. The summed E-state index contributed by atoms with van der Waals surface area (Å²) < 4.78 is 5.31. The molecule has 1 atom stereocenters. The average Bonchev–Trinajstić information content (AvgIpc) is 2.57. The lowest BCUT2D eigenvalue weighted by atomic mass is 10.0. The van der Waals surface area contributed by atoms with Gasteiger partial charge in [0.25, 0.3) is 0 Å². The molecular formula is C18H28N2O2. The molecular weight excluding hydrogens is 276 g/mol. The molecule has 0 aromatic heterocycles. The summed E-state index contributed by atoms with van der Waals surface area (Å²) in [6.45, 7) is 10.5. The Morgan fingerprint density at radius 1 is 1.32 bits per heavy atom. The van der Waals surface area contributed by atoms with Gasteiger partial charge in [0, 0.05) is 19.1 Å². The summed E-state index contributed by atoms with van der Waals surface area (Å²) in [5, 5.41) is 2.93. The van der Waals surface area contributed by atoms with Gasteiger partial charge in [-0.05, 0) is 58.2 Å². The van der Waals surface area contributed by atoms with Gasteiger partial charge in [-0.2, -0.15) is 0 Å².